The smallest absolute Gasteiger partial charge is 0.225 e. The van der Waals surface area contributed by atoms with Crippen molar-refractivity contribution in [3.63, 3.8) is 0 Å². The second kappa shape index (κ2) is 6.49. The summed E-state index contributed by atoms with van der Waals surface area (Å²) in [7, 11) is 0. The second-order valence-corrected chi connectivity index (χ2v) is 7.14. The van der Waals surface area contributed by atoms with E-state index in [2.05, 4.69) is 33.6 Å². The van der Waals surface area contributed by atoms with E-state index in [1.54, 1.807) is 0 Å². The Labute approximate surface area is 132 Å². The first-order chi connectivity index (χ1) is 10.3. The Morgan fingerprint density at radius 1 is 1.36 bits per heavy atom. The first kappa shape index (κ1) is 16.5. The van der Waals surface area contributed by atoms with Crippen LogP contribution in [0.1, 0.15) is 52.5 Å². The quantitative estimate of drug-likeness (QED) is 0.794. The fourth-order valence-corrected chi connectivity index (χ4v) is 2.59. The zero-order valence-electron chi connectivity index (χ0n) is 13.7. The number of nitrogens with one attached hydrogen (secondary N) is 2. The summed E-state index contributed by atoms with van der Waals surface area (Å²) in [6.45, 7) is 8.15. The molecule has 120 valence electrons. The Morgan fingerprint density at radius 3 is 2.68 bits per heavy atom. The average molecular weight is 303 g/mol. The highest BCUT2D eigenvalue weighted by atomic mass is 16.3. The Kier molecular flexibility index (Phi) is 4.87. The molecule has 0 bridgehead atoms. The van der Waals surface area contributed by atoms with Crippen LogP contribution in [0.4, 0.5) is 11.8 Å². The number of nitrogens with zero attached hydrogens (tertiary/aromatic N) is 3. The van der Waals surface area contributed by atoms with Crippen LogP contribution in [0.15, 0.2) is 6.20 Å². The van der Waals surface area contributed by atoms with Crippen LogP contribution in [0.2, 0.25) is 0 Å². The minimum atomic E-state index is -0.300. The number of hydrogen-bond donors (Lipinski definition) is 3. The van der Waals surface area contributed by atoms with Crippen LogP contribution in [0, 0.1) is 17.2 Å². The molecule has 0 unspecified atom stereocenters. The second-order valence-electron chi connectivity index (χ2n) is 7.14. The lowest BCUT2D eigenvalue weighted by Gasteiger charge is -2.32. The molecular formula is C16H25N5O. The molecule has 1 heterocycles. The van der Waals surface area contributed by atoms with Gasteiger partial charge in [0.2, 0.25) is 5.95 Å². The van der Waals surface area contributed by atoms with Gasteiger partial charge in [-0.25, -0.2) is 4.98 Å². The maximum atomic E-state index is 10.0. The summed E-state index contributed by atoms with van der Waals surface area (Å²) in [6.07, 6.45) is 3.85. The van der Waals surface area contributed by atoms with Crippen molar-refractivity contribution in [3.05, 3.63) is 11.8 Å². The van der Waals surface area contributed by atoms with Gasteiger partial charge in [-0.3, -0.25) is 0 Å². The fourth-order valence-electron chi connectivity index (χ4n) is 2.59. The Bertz CT molecular complexity index is 561. The fraction of sp³-hybridized carbons (Fsp3) is 0.688. The lowest BCUT2D eigenvalue weighted by Crippen LogP contribution is -2.35. The predicted molar refractivity (Wildman–Crippen MR) is 86.6 cm³/mol. The molecule has 0 radical (unpaired) electrons. The van der Waals surface area contributed by atoms with Gasteiger partial charge in [0.05, 0.1) is 12.3 Å². The molecule has 1 fully saturated rings. The highest BCUT2D eigenvalue weighted by molar-refractivity contribution is 5.54. The van der Waals surface area contributed by atoms with Gasteiger partial charge >= 0.3 is 0 Å². The Balaban J connectivity index is 2.15. The zero-order valence-corrected chi connectivity index (χ0v) is 13.7. The van der Waals surface area contributed by atoms with E-state index >= 15 is 0 Å². The molecule has 2 rings (SSSR count). The lowest BCUT2D eigenvalue weighted by molar-refractivity contribution is 0.0739. The molecule has 0 aromatic carbocycles. The summed E-state index contributed by atoms with van der Waals surface area (Å²) in [5.41, 5.74) is 0.273. The van der Waals surface area contributed by atoms with Gasteiger partial charge in [0, 0.05) is 11.6 Å². The van der Waals surface area contributed by atoms with E-state index < -0.39 is 0 Å². The van der Waals surface area contributed by atoms with Crippen LogP contribution < -0.4 is 10.6 Å². The van der Waals surface area contributed by atoms with Gasteiger partial charge in [0.25, 0.3) is 0 Å². The molecule has 0 amide bonds. The molecule has 1 aliphatic rings. The minimum Gasteiger partial charge on any atom is -0.393 e. The summed E-state index contributed by atoms with van der Waals surface area (Å²) in [5.74, 6) is 1.37. The summed E-state index contributed by atoms with van der Waals surface area (Å²) in [4.78, 5) is 8.61. The van der Waals surface area contributed by atoms with Crippen molar-refractivity contribution in [1.29, 1.82) is 5.26 Å². The number of anilines is 2. The van der Waals surface area contributed by atoms with Crippen molar-refractivity contribution in [2.24, 2.45) is 5.92 Å². The van der Waals surface area contributed by atoms with Crippen molar-refractivity contribution in [2.75, 3.05) is 10.6 Å². The van der Waals surface area contributed by atoms with E-state index in [1.165, 1.54) is 6.20 Å². The van der Waals surface area contributed by atoms with Crippen LogP contribution in [0.25, 0.3) is 0 Å². The van der Waals surface area contributed by atoms with Gasteiger partial charge in [0.1, 0.15) is 17.5 Å². The molecule has 0 aliphatic heterocycles. The topological polar surface area (TPSA) is 93.9 Å². The molecule has 3 atom stereocenters. The van der Waals surface area contributed by atoms with Gasteiger partial charge in [-0.15, -0.1) is 0 Å². The number of aromatic nitrogens is 2. The van der Waals surface area contributed by atoms with Crippen LogP contribution in [-0.4, -0.2) is 32.8 Å². The van der Waals surface area contributed by atoms with E-state index in [-0.39, 0.29) is 17.7 Å². The molecule has 6 nitrogen and oxygen atoms in total. The van der Waals surface area contributed by atoms with Gasteiger partial charge in [-0.1, -0.05) is 6.92 Å². The third-order valence-electron chi connectivity index (χ3n) is 3.89. The number of aliphatic hydroxyl groups is 1. The molecule has 1 saturated carbocycles. The molecule has 3 N–H and O–H groups in total. The van der Waals surface area contributed by atoms with Gasteiger partial charge in [-0.2, -0.15) is 10.2 Å². The SMILES string of the molecule is C[C@@H]1CC[C@@H](Nc2nc(NC(C)(C)C)ncc2C#N)C[C@H]1O. The van der Waals surface area contributed by atoms with Gasteiger partial charge in [0.15, 0.2) is 0 Å². The lowest BCUT2D eigenvalue weighted by atomic mass is 9.85. The standard InChI is InChI=1S/C16H25N5O/c1-10-5-6-12(7-13(10)22)19-14-11(8-17)9-18-15(20-14)21-16(2,3)4/h9-10,12-13,22H,5-7H2,1-4H3,(H2,18,19,20,21)/t10-,12-,13-/m1/s1. The highest BCUT2D eigenvalue weighted by Crippen LogP contribution is 2.27. The maximum Gasteiger partial charge on any atom is 0.225 e. The van der Waals surface area contributed by atoms with E-state index in [1.807, 2.05) is 20.8 Å². The van der Waals surface area contributed by atoms with E-state index in [9.17, 15) is 10.4 Å². The molecule has 1 aromatic rings. The number of nitriles is 1. The predicted octanol–water partition coefficient (Wildman–Crippen LogP) is 2.52. The Hall–Kier alpha value is -1.87. The number of aliphatic hydroxyl groups excluding tert-OH is 1. The summed E-state index contributed by atoms with van der Waals surface area (Å²) in [6, 6.07) is 2.25. The molecule has 22 heavy (non-hydrogen) atoms. The van der Waals surface area contributed by atoms with Crippen molar-refractivity contribution in [2.45, 2.75) is 64.6 Å². The summed E-state index contributed by atoms with van der Waals surface area (Å²) in [5, 5.41) is 25.7. The molecule has 6 heteroatoms. The summed E-state index contributed by atoms with van der Waals surface area (Å²) < 4.78 is 0. The zero-order chi connectivity index (χ0) is 16.3. The third kappa shape index (κ3) is 4.31. The van der Waals surface area contributed by atoms with Gasteiger partial charge in [-0.05, 0) is 46.0 Å². The van der Waals surface area contributed by atoms with Gasteiger partial charge < -0.3 is 15.7 Å². The summed E-state index contributed by atoms with van der Waals surface area (Å²) >= 11 is 0. The van der Waals surface area contributed by atoms with Crippen LogP contribution in [0.3, 0.4) is 0 Å². The molecule has 0 saturated heterocycles. The maximum absolute atomic E-state index is 10.0. The normalized spacial score (nSPS) is 25.4. The minimum absolute atomic E-state index is 0.135. The monoisotopic (exact) mass is 303 g/mol. The highest BCUT2D eigenvalue weighted by Gasteiger charge is 2.27. The molecule has 0 spiro atoms. The Morgan fingerprint density at radius 2 is 2.09 bits per heavy atom. The van der Waals surface area contributed by atoms with E-state index in [0.29, 0.717) is 29.7 Å². The van der Waals surface area contributed by atoms with E-state index in [0.717, 1.165) is 12.8 Å². The van der Waals surface area contributed by atoms with Crippen molar-refractivity contribution in [1.82, 2.24) is 9.97 Å². The molecule has 1 aliphatic carbocycles. The first-order valence-electron chi connectivity index (χ1n) is 7.78. The van der Waals surface area contributed by atoms with E-state index in [4.69, 9.17) is 0 Å². The average Bonchev–Trinajstić information content (AvgIpc) is 2.41. The third-order valence-corrected chi connectivity index (χ3v) is 3.89. The van der Waals surface area contributed by atoms with Crippen LogP contribution in [0.5, 0.6) is 0 Å². The molecule has 1 aromatic heterocycles. The van der Waals surface area contributed by atoms with Crippen LogP contribution >= 0.6 is 0 Å². The van der Waals surface area contributed by atoms with Crippen molar-refractivity contribution in [3.8, 4) is 6.07 Å². The number of hydrogen-bond acceptors (Lipinski definition) is 6. The molecular weight excluding hydrogens is 278 g/mol. The largest absolute Gasteiger partial charge is 0.393 e. The number of rotatable bonds is 3. The van der Waals surface area contributed by atoms with Crippen molar-refractivity contribution >= 4 is 11.8 Å². The van der Waals surface area contributed by atoms with Crippen molar-refractivity contribution < 1.29 is 5.11 Å². The first-order valence-corrected chi connectivity index (χ1v) is 7.78. The van der Waals surface area contributed by atoms with Crippen LogP contribution in [-0.2, 0) is 0 Å².